The third kappa shape index (κ3) is 5.31. The van der Waals surface area contributed by atoms with Gasteiger partial charge in [0.25, 0.3) is 0 Å². The van der Waals surface area contributed by atoms with Crippen LogP contribution in [0.5, 0.6) is 0 Å². The highest BCUT2D eigenvalue weighted by atomic mass is 35.5. The van der Waals surface area contributed by atoms with E-state index in [0.717, 1.165) is 30.0 Å². The molecule has 1 aromatic carbocycles. The second-order valence-electron chi connectivity index (χ2n) is 5.34. The number of methoxy groups -OCH3 is 1. The number of benzene rings is 1. The normalized spacial score (nSPS) is 13.6. The first kappa shape index (κ1) is 16.8. The van der Waals surface area contributed by atoms with Gasteiger partial charge in [-0.3, -0.25) is 0 Å². The Morgan fingerprint density at radius 1 is 1.32 bits per heavy atom. The topological polar surface area (TPSA) is 21.3 Å². The Bertz CT molecular complexity index is 407. The summed E-state index contributed by atoms with van der Waals surface area (Å²) in [6.45, 7) is 7.23. The Morgan fingerprint density at radius 2 is 2.00 bits per heavy atom. The molecule has 0 spiro atoms. The molecular formula is C15H23Cl2NO. The fourth-order valence-electron chi connectivity index (χ4n) is 1.97. The summed E-state index contributed by atoms with van der Waals surface area (Å²) in [6, 6.07) is 5.73. The van der Waals surface area contributed by atoms with Gasteiger partial charge >= 0.3 is 0 Å². The van der Waals surface area contributed by atoms with Crippen molar-refractivity contribution in [1.29, 1.82) is 0 Å². The average Bonchev–Trinajstić information content (AvgIpc) is 2.37. The summed E-state index contributed by atoms with van der Waals surface area (Å²) in [7, 11) is 1.73. The van der Waals surface area contributed by atoms with Crippen LogP contribution in [-0.4, -0.2) is 19.3 Å². The zero-order valence-corrected chi connectivity index (χ0v) is 13.6. The number of hydrogen-bond acceptors (Lipinski definition) is 2. The van der Waals surface area contributed by atoms with E-state index in [-0.39, 0.29) is 11.6 Å². The molecular weight excluding hydrogens is 281 g/mol. The summed E-state index contributed by atoms with van der Waals surface area (Å²) in [4.78, 5) is 0. The lowest BCUT2D eigenvalue weighted by atomic mass is 9.93. The highest BCUT2D eigenvalue weighted by Gasteiger charge is 2.25. The van der Waals surface area contributed by atoms with Crippen LogP contribution >= 0.6 is 23.2 Å². The van der Waals surface area contributed by atoms with Gasteiger partial charge in [-0.05, 0) is 57.0 Å². The van der Waals surface area contributed by atoms with E-state index in [0.29, 0.717) is 5.02 Å². The van der Waals surface area contributed by atoms with Crippen molar-refractivity contribution in [1.82, 2.24) is 5.32 Å². The van der Waals surface area contributed by atoms with Crippen LogP contribution in [0.15, 0.2) is 18.2 Å². The van der Waals surface area contributed by atoms with Crippen LogP contribution in [0.4, 0.5) is 0 Å². The Labute approximate surface area is 126 Å². The van der Waals surface area contributed by atoms with Crippen LogP contribution in [0.3, 0.4) is 0 Å². The lowest BCUT2D eigenvalue weighted by Gasteiger charge is -2.30. The summed E-state index contributed by atoms with van der Waals surface area (Å²) in [5.74, 6) is 0. The minimum Gasteiger partial charge on any atom is -0.379 e. The van der Waals surface area contributed by atoms with Crippen LogP contribution in [0.1, 0.15) is 45.2 Å². The average molecular weight is 304 g/mol. The van der Waals surface area contributed by atoms with Crippen molar-refractivity contribution < 1.29 is 4.74 Å². The molecule has 0 fully saturated rings. The molecule has 4 heteroatoms. The maximum Gasteiger partial charge on any atom is 0.0640 e. The van der Waals surface area contributed by atoms with E-state index in [4.69, 9.17) is 27.9 Å². The Morgan fingerprint density at radius 3 is 2.58 bits per heavy atom. The third-order valence-electron chi connectivity index (χ3n) is 3.22. The van der Waals surface area contributed by atoms with E-state index < -0.39 is 0 Å². The molecule has 0 heterocycles. The molecule has 1 aromatic rings. The summed E-state index contributed by atoms with van der Waals surface area (Å²) in [5.41, 5.74) is 0.824. The molecule has 0 aliphatic carbocycles. The molecule has 0 aliphatic heterocycles. The van der Waals surface area contributed by atoms with Crippen molar-refractivity contribution in [3.63, 3.8) is 0 Å². The maximum atomic E-state index is 6.30. The molecule has 1 unspecified atom stereocenters. The minimum atomic E-state index is -0.211. The zero-order valence-electron chi connectivity index (χ0n) is 12.1. The molecule has 2 nitrogen and oxygen atoms in total. The van der Waals surface area contributed by atoms with Gasteiger partial charge in [0, 0.05) is 23.2 Å². The number of nitrogens with one attached hydrogen (secondary N) is 1. The maximum absolute atomic E-state index is 6.30. The minimum absolute atomic E-state index is 0.140. The fourth-order valence-corrected chi connectivity index (χ4v) is 2.40. The van der Waals surface area contributed by atoms with E-state index in [9.17, 15) is 0 Å². The van der Waals surface area contributed by atoms with Crippen LogP contribution < -0.4 is 5.32 Å². The highest BCUT2D eigenvalue weighted by Crippen LogP contribution is 2.32. The monoisotopic (exact) mass is 303 g/mol. The Hall–Kier alpha value is -0.280. The number of ether oxygens (including phenoxy) is 1. The largest absolute Gasteiger partial charge is 0.379 e. The smallest absolute Gasteiger partial charge is 0.0640 e. The van der Waals surface area contributed by atoms with Gasteiger partial charge in [-0.1, -0.05) is 30.1 Å². The van der Waals surface area contributed by atoms with Crippen molar-refractivity contribution >= 4 is 23.2 Å². The molecule has 1 rings (SSSR count). The summed E-state index contributed by atoms with van der Waals surface area (Å²) < 4.78 is 5.52. The van der Waals surface area contributed by atoms with E-state index in [2.05, 4.69) is 26.1 Å². The van der Waals surface area contributed by atoms with Crippen LogP contribution in [-0.2, 0) is 4.74 Å². The lowest BCUT2D eigenvalue weighted by Crippen LogP contribution is -2.32. The quantitative estimate of drug-likeness (QED) is 0.777. The van der Waals surface area contributed by atoms with Gasteiger partial charge < -0.3 is 10.1 Å². The van der Waals surface area contributed by atoms with E-state index >= 15 is 0 Å². The molecule has 108 valence electrons. The van der Waals surface area contributed by atoms with Crippen molar-refractivity contribution in [2.45, 2.75) is 45.3 Å². The molecule has 0 aromatic heterocycles. The van der Waals surface area contributed by atoms with Crippen molar-refractivity contribution in [3.05, 3.63) is 33.8 Å². The summed E-state index contributed by atoms with van der Waals surface area (Å²) in [6.07, 6.45) is 1.91. The molecule has 0 amide bonds. The highest BCUT2D eigenvalue weighted by molar-refractivity contribution is 6.33. The second kappa shape index (κ2) is 7.49. The van der Waals surface area contributed by atoms with Crippen LogP contribution in [0.25, 0.3) is 0 Å². The molecule has 0 saturated heterocycles. The second-order valence-corrected chi connectivity index (χ2v) is 6.18. The van der Waals surface area contributed by atoms with E-state index in [1.807, 2.05) is 18.2 Å². The standard InChI is InChI=1S/C15H23Cl2NO/c1-5-8-18-14(10-15(2,3)19-4)12-9-11(16)6-7-13(12)17/h6-7,9,14,18H,5,8,10H2,1-4H3. The van der Waals surface area contributed by atoms with Gasteiger partial charge in [0.2, 0.25) is 0 Å². The number of hydrogen-bond donors (Lipinski definition) is 1. The predicted molar refractivity (Wildman–Crippen MR) is 83.2 cm³/mol. The van der Waals surface area contributed by atoms with Gasteiger partial charge in [0.15, 0.2) is 0 Å². The van der Waals surface area contributed by atoms with Gasteiger partial charge in [-0.15, -0.1) is 0 Å². The third-order valence-corrected chi connectivity index (χ3v) is 3.80. The molecule has 1 N–H and O–H groups in total. The van der Waals surface area contributed by atoms with Gasteiger partial charge in [0.05, 0.1) is 5.60 Å². The summed E-state index contributed by atoms with van der Waals surface area (Å²) in [5, 5.41) is 4.97. The van der Waals surface area contributed by atoms with Gasteiger partial charge in [0.1, 0.15) is 0 Å². The van der Waals surface area contributed by atoms with Crippen molar-refractivity contribution in [2.75, 3.05) is 13.7 Å². The SMILES string of the molecule is CCCNC(CC(C)(C)OC)c1cc(Cl)ccc1Cl. The Balaban J connectivity index is 2.98. The molecule has 1 atom stereocenters. The van der Waals surface area contributed by atoms with Crippen molar-refractivity contribution in [2.24, 2.45) is 0 Å². The number of rotatable bonds is 7. The molecule has 0 radical (unpaired) electrons. The first-order chi connectivity index (χ1) is 8.89. The van der Waals surface area contributed by atoms with E-state index in [1.165, 1.54) is 0 Å². The van der Waals surface area contributed by atoms with Gasteiger partial charge in [-0.2, -0.15) is 0 Å². The van der Waals surface area contributed by atoms with Crippen LogP contribution in [0, 0.1) is 0 Å². The summed E-state index contributed by atoms with van der Waals surface area (Å²) >= 11 is 12.4. The first-order valence-electron chi connectivity index (χ1n) is 6.63. The Kier molecular flexibility index (Phi) is 6.61. The fraction of sp³-hybridized carbons (Fsp3) is 0.600. The van der Waals surface area contributed by atoms with Gasteiger partial charge in [-0.25, -0.2) is 0 Å². The zero-order chi connectivity index (χ0) is 14.5. The van der Waals surface area contributed by atoms with E-state index in [1.54, 1.807) is 7.11 Å². The molecule has 19 heavy (non-hydrogen) atoms. The first-order valence-corrected chi connectivity index (χ1v) is 7.38. The molecule has 0 saturated carbocycles. The lowest BCUT2D eigenvalue weighted by molar-refractivity contribution is 0.00686. The number of halogens is 2. The van der Waals surface area contributed by atoms with Crippen LogP contribution in [0.2, 0.25) is 10.0 Å². The molecule has 0 aliphatic rings. The molecule has 0 bridgehead atoms. The predicted octanol–water partition coefficient (Wildman–Crippen LogP) is 4.85. The van der Waals surface area contributed by atoms with Crippen molar-refractivity contribution in [3.8, 4) is 0 Å².